The van der Waals surface area contributed by atoms with Gasteiger partial charge in [0.15, 0.2) is 0 Å². The monoisotopic (exact) mass is 263 g/mol. The highest BCUT2D eigenvalue weighted by molar-refractivity contribution is 5.49. The quantitative estimate of drug-likeness (QED) is 0.790. The van der Waals surface area contributed by atoms with Gasteiger partial charge in [0.25, 0.3) is 0 Å². The van der Waals surface area contributed by atoms with Gasteiger partial charge in [0.1, 0.15) is 5.82 Å². The minimum absolute atomic E-state index is 0.624. The molecule has 0 saturated heterocycles. The van der Waals surface area contributed by atoms with Crippen molar-refractivity contribution in [3.05, 3.63) is 22.9 Å². The first kappa shape index (κ1) is 16.0. The van der Waals surface area contributed by atoms with Crippen molar-refractivity contribution in [3.8, 4) is 0 Å². The van der Waals surface area contributed by atoms with Crippen molar-refractivity contribution in [1.82, 2.24) is 10.3 Å². The summed E-state index contributed by atoms with van der Waals surface area (Å²) in [6, 6.07) is 2.16. The zero-order valence-electron chi connectivity index (χ0n) is 13.3. The summed E-state index contributed by atoms with van der Waals surface area (Å²) >= 11 is 0. The number of nitrogens with zero attached hydrogens (tertiary/aromatic N) is 1. The highest BCUT2D eigenvalue weighted by Gasteiger charge is 2.09. The molecule has 3 nitrogen and oxygen atoms in total. The number of rotatable bonds is 7. The first-order valence-electron chi connectivity index (χ1n) is 7.31. The molecular weight excluding hydrogens is 234 g/mol. The Labute approximate surface area is 118 Å². The summed E-state index contributed by atoms with van der Waals surface area (Å²) in [5, 5.41) is 6.99. The number of aromatic nitrogens is 1. The molecule has 108 valence electrons. The predicted molar refractivity (Wildman–Crippen MR) is 83.6 cm³/mol. The molecule has 1 aromatic rings. The van der Waals surface area contributed by atoms with Gasteiger partial charge in [-0.2, -0.15) is 0 Å². The van der Waals surface area contributed by atoms with Crippen LogP contribution in [0.3, 0.4) is 0 Å². The van der Waals surface area contributed by atoms with E-state index in [2.05, 4.69) is 63.2 Å². The molecule has 1 rings (SSSR count). The molecule has 0 unspecified atom stereocenters. The summed E-state index contributed by atoms with van der Waals surface area (Å²) in [5.41, 5.74) is 3.69. The molecule has 0 saturated carbocycles. The van der Waals surface area contributed by atoms with Crippen molar-refractivity contribution < 1.29 is 0 Å². The van der Waals surface area contributed by atoms with Crippen LogP contribution in [0.5, 0.6) is 0 Å². The average molecular weight is 263 g/mol. The van der Waals surface area contributed by atoms with Crippen molar-refractivity contribution in [2.75, 3.05) is 18.4 Å². The Morgan fingerprint density at radius 2 is 1.68 bits per heavy atom. The van der Waals surface area contributed by atoms with E-state index in [1.54, 1.807) is 0 Å². The van der Waals surface area contributed by atoms with E-state index in [1.165, 1.54) is 11.1 Å². The van der Waals surface area contributed by atoms with Crippen LogP contribution >= 0.6 is 0 Å². The lowest BCUT2D eigenvalue weighted by atomic mass is 10.1. The van der Waals surface area contributed by atoms with Gasteiger partial charge in [-0.25, -0.2) is 4.98 Å². The van der Waals surface area contributed by atoms with Crippen LogP contribution < -0.4 is 10.6 Å². The van der Waals surface area contributed by atoms with Crippen LogP contribution in [-0.4, -0.2) is 18.1 Å². The van der Waals surface area contributed by atoms with Gasteiger partial charge in [-0.3, -0.25) is 0 Å². The van der Waals surface area contributed by atoms with Crippen LogP contribution in [-0.2, 0) is 6.54 Å². The van der Waals surface area contributed by atoms with E-state index in [-0.39, 0.29) is 0 Å². The number of anilines is 1. The molecule has 0 amide bonds. The third kappa shape index (κ3) is 5.60. The van der Waals surface area contributed by atoms with Crippen LogP contribution in [0.1, 0.15) is 44.5 Å². The lowest BCUT2D eigenvalue weighted by molar-refractivity contribution is 0.551. The third-order valence-corrected chi connectivity index (χ3v) is 3.01. The molecule has 3 heteroatoms. The first-order valence-corrected chi connectivity index (χ1v) is 7.31. The molecule has 0 aliphatic heterocycles. The van der Waals surface area contributed by atoms with Crippen molar-refractivity contribution >= 4 is 5.82 Å². The molecule has 1 aromatic heterocycles. The SMILES string of the molecule is Cc1cc(C)c(CNCC(C)C)c(NCC(C)C)n1. The summed E-state index contributed by atoms with van der Waals surface area (Å²) < 4.78 is 0. The van der Waals surface area contributed by atoms with Crippen molar-refractivity contribution in [1.29, 1.82) is 0 Å². The smallest absolute Gasteiger partial charge is 0.131 e. The van der Waals surface area contributed by atoms with Crippen LogP contribution in [0.15, 0.2) is 6.07 Å². The van der Waals surface area contributed by atoms with E-state index in [9.17, 15) is 0 Å². The maximum atomic E-state index is 4.65. The largest absolute Gasteiger partial charge is 0.370 e. The highest BCUT2D eigenvalue weighted by atomic mass is 15.0. The van der Waals surface area contributed by atoms with E-state index >= 15 is 0 Å². The fraction of sp³-hybridized carbons (Fsp3) is 0.688. The molecule has 0 radical (unpaired) electrons. The fourth-order valence-corrected chi connectivity index (χ4v) is 2.02. The predicted octanol–water partition coefficient (Wildman–Crippen LogP) is 3.51. The Balaban J connectivity index is 2.80. The molecule has 0 bridgehead atoms. The summed E-state index contributed by atoms with van der Waals surface area (Å²) in [4.78, 5) is 4.65. The summed E-state index contributed by atoms with van der Waals surface area (Å²) in [6.45, 7) is 16.0. The Morgan fingerprint density at radius 1 is 1.05 bits per heavy atom. The van der Waals surface area contributed by atoms with Gasteiger partial charge in [-0.1, -0.05) is 27.7 Å². The number of pyridine rings is 1. The normalized spacial score (nSPS) is 11.4. The van der Waals surface area contributed by atoms with E-state index < -0.39 is 0 Å². The second kappa shape index (κ2) is 7.49. The minimum Gasteiger partial charge on any atom is -0.370 e. The molecule has 0 fully saturated rings. The molecule has 1 heterocycles. The molecule has 0 spiro atoms. The molecule has 0 aliphatic carbocycles. The number of aryl methyl sites for hydroxylation is 2. The van der Waals surface area contributed by atoms with Gasteiger partial charge in [-0.15, -0.1) is 0 Å². The highest BCUT2D eigenvalue weighted by Crippen LogP contribution is 2.19. The second-order valence-corrected chi connectivity index (χ2v) is 6.21. The summed E-state index contributed by atoms with van der Waals surface area (Å²) in [7, 11) is 0. The zero-order chi connectivity index (χ0) is 14.4. The van der Waals surface area contributed by atoms with Crippen molar-refractivity contribution in [2.24, 2.45) is 11.8 Å². The van der Waals surface area contributed by atoms with Crippen LogP contribution in [0.2, 0.25) is 0 Å². The molecule has 0 atom stereocenters. The third-order valence-electron chi connectivity index (χ3n) is 3.01. The standard InChI is InChI=1S/C16H29N3/c1-11(2)8-17-10-15-13(5)7-14(6)19-16(15)18-9-12(3)4/h7,11-12,17H,8-10H2,1-6H3,(H,18,19). The number of hydrogen-bond donors (Lipinski definition) is 2. The molecule has 19 heavy (non-hydrogen) atoms. The Morgan fingerprint density at radius 3 is 2.26 bits per heavy atom. The van der Waals surface area contributed by atoms with Gasteiger partial charge in [0, 0.05) is 24.3 Å². The van der Waals surface area contributed by atoms with Gasteiger partial charge in [-0.05, 0) is 43.9 Å². The van der Waals surface area contributed by atoms with Crippen molar-refractivity contribution in [2.45, 2.75) is 48.1 Å². The first-order chi connectivity index (χ1) is 8.90. The van der Waals surface area contributed by atoms with Crippen LogP contribution in [0.4, 0.5) is 5.82 Å². The van der Waals surface area contributed by atoms with E-state index in [1.807, 2.05) is 0 Å². The van der Waals surface area contributed by atoms with Crippen LogP contribution in [0, 0.1) is 25.7 Å². The van der Waals surface area contributed by atoms with E-state index in [0.29, 0.717) is 11.8 Å². The van der Waals surface area contributed by atoms with Gasteiger partial charge < -0.3 is 10.6 Å². The lowest BCUT2D eigenvalue weighted by Crippen LogP contribution is -2.21. The average Bonchev–Trinajstić information content (AvgIpc) is 2.28. The summed E-state index contributed by atoms with van der Waals surface area (Å²) in [5.74, 6) is 2.34. The molecule has 0 aliphatic rings. The maximum Gasteiger partial charge on any atom is 0.131 e. The van der Waals surface area contributed by atoms with E-state index in [0.717, 1.165) is 31.1 Å². The Kier molecular flexibility index (Phi) is 6.29. The molecule has 0 aromatic carbocycles. The number of hydrogen-bond acceptors (Lipinski definition) is 3. The topological polar surface area (TPSA) is 37.0 Å². The minimum atomic E-state index is 0.624. The fourth-order valence-electron chi connectivity index (χ4n) is 2.02. The Hall–Kier alpha value is -1.09. The maximum absolute atomic E-state index is 4.65. The second-order valence-electron chi connectivity index (χ2n) is 6.21. The summed E-state index contributed by atoms with van der Waals surface area (Å²) in [6.07, 6.45) is 0. The van der Waals surface area contributed by atoms with Gasteiger partial charge in [0.05, 0.1) is 0 Å². The van der Waals surface area contributed by atoms with Crippen LogP contribution in [0.25, 0.3) is 0 Å². The lowest BCUT2D eigenvalue weighted by Gasteiger charge is -2.17. The van der Waals surface area contributed by atoms with Crippen molar-refractivity contribution in [3.63, 3.8) is 0 Å². The number of nitrogens with one attached hydrogen (secondary N) is 2. The zero-order valence-corrected chi connectivity index (χ0v) is 13.3. The molecule has 2 N–H and O–H groups in total. The van der Waals surface area contributed by atoms with Gasteiger partial charge in [0.2, 0.25) is 0 Å². The van der Waals surface area contributed by atoms with E-state index in [4.69, 9.17) is 0 Å². The van der Waals surface area contributed by atoms with Gasteiger partial charge >= 0.3 is 0 Å². The Bertz CT molecular complexity index is 397. The molecular formula is C16H29N3.